The van der Waals surface area contributed by atoms with Gasteiger partial charge < -0.3 is 179 Å². The second-order valence-corrected chi connectivity index (χ2v) is 30.2. The van der Waals surface area contributed by atoms with Crippen LogP contribution in [-0.2, 0) is 61.6 Å². The molecule has 99 heavy (non-hydrogen) atoms. The fraction of sp³-hybridized carbons (Fsp3) is 1.00. The summed E-state index contributed by atoms with van der Waals surface area (Å²) in [6.07, 6.45) is -56.1. The fourth-order valence-corrected chi connectivity index (χ4v) is 18.6. The first-order valence-electron chi connectivity index (χ1n) is 34.6. The number of fused-ring (bicyclic) bond motifs is 7. The van der Waals surface area contributed by atoms with Crippen LogP contribution in [0.15, 0.2) is 0 Å². The highest BCUT2D eigenvalue weighted by molar-refractivity contribution is 5.19. The van der Waals surface area contributed by atoms with E-state index >= 15 is 0 Å². The first-order chi connectivity index (χ1) is 46.8. The van der Waals surface area contributed by atoms with Crippen molar-refractivity contribution in [1.82, 2.24) is 0 Å². The van der Waals surface area contributed by atoms with Gasteiger partial charge in [-0.15, -0.1) is 0 Å². The van der Waals surface area contributed by atoms with E-state index in [2.05, 4.69) is 6.92 Å². The molecule has 11 aliphatic rings. The van der Waals surface area contributed by atoms with Gasteiger partial charge in [-0.05, 0) is 80.0 Å². The van der Waals surface area contributed by atoms with Crippen LogP contribution < -0.4 is 0 Å². The van der Waals surface area contributed by atoms with E-state index in [1.807, 2.05) is 20.8 Å². The molecule has 11 fully saturated rings. The van der Waals surface area contributed by atoms with Gasteiger partial charge in [0.25, 0.3) is 0 Å². The number of ether oxygens (including phenoxy) is 13. The third-order valence-electron chi connectivity index (χ3n) is 24.5. The normalized spacial score (nSPS) is 55.8. The average molecular weight is 1440 g/mol. The van der Waals surface area contributed by atoms with Crippen molar-refractivity contribution in [1.29, 1.82) is 0 Å². The molecule has 0 bridgehead atoms. The van der Waals surface area contributed by atoms with Gasteiger partial charge in [-0.3, -0.25) is 0 Å². The summed E-state index contributed by atoms with van der Waals surface area (Å²) in [5, 5.41) is 253. The maximum atomic E-state index is 12.9. The van der Waals surface area contributed by atoms with E-state index in [0.29, 0.717) is 32.1 Å². The molecule has 0 spiro atoms. The minimum Gasteiger partial charge on any atom is -0.394 e. The molecule has 11 rings (SSSR count). The Bertz CT molecular complexity index is 2600. The molecule has 4 aliphatic carbocycles. The van der Waals surface area contributed by atoms with Gasteiger partial charge >= 0.3 is 0 Å². The summed E-state index contributed by atoms with van der Waals surface area (Å²) in [5.74, 6) is -1.76. The Labute approximate surface area is 569 Å². The van der Waals surface area contributed by atoms with Gasteiger partial charge in [0.2, 0.25) is 0 Å². The Hall–Kier alpha value is -1.44. The molecule has 7 aliphatic heterocycles. The van der Waals surface area contributed by atoms with Gasteiger partial charge in [0.05, 0.1) is 70.2 Å². The summed E-state index contributed by atoms with van der Waals surface area (Å²) in [6, 6.07) is 0. The Morgan fingerprint density at radius 2 is 0.879 bits per heavy atom. The van der Waals surface area contributed by atoms with E-state index in [9.17, 15) is 117 Å². The molecule has 23 N–H and O–H groups in total. The van der Waals surface area contributed by atoms with E-state index in [1.165, 1.54) is 0 Å². The molecule has 0 aromatic rings. The Balaban J connectivity index is 0.761. The van der Waals surface area contributed by atoms with Crippen LogP contribution in [0.1, 0.15) is 85.5 Å². The molecule has 43 atom stereocenters. The highest BCUT2D eigenvalue weighted by atomic mass is 16.8. The third-order valence-corrected chi connectivity index (χ3v) is 24.5. The Morgan fingerprint density at radius 3 is 1.43 bits per heavy atom. The number of hydrogen-bond acceptors (Lipinski definition) is 36. The lowest BCUT2D eigenvalue weighted by molar-refractivity contribution is -0.412. The summed E-state index contributed by atoms with van der Waals surface area (Å²) in [5.41, 5.74) is -2.57. The molecule has 0 aromatic carbocycles. The van der Waals surface area contributed by atoms with Crippen molar-refractivity contribution in [2.45, 2.75) is 299 Å². The van der Waals surface area contributed by atoms with Crippen LogP contribution in [0, 0.1) is 46.3 Å². The van der Waals surface area contributed by atoms with Crippen LogP contribution in [-0.4, -0.2) is 378 Å². The van der Waals surface area contributed by atoms with Gasteiger partial charge in [-0.1, -0.05) is 27.7 Å². The quantitative estimate of drug-likeness (QED) is 0.0448. The molecule has 0 aromatic heterocycles. The van der Waals surface area contributed by atoms with Crippen molar-refractivity contribution < 1.29 is 179 Å². The number of aliphatic hydroxyl groups is 23. The van der Waals surface area contributed by atoms with Crippen LogP contribution in [0.3, 0.4) is 0 Å². The van der Waals surface area contributed by atoms with Gasteiger partial charge in [0.15, 0.2) is 43.5 Å². The monoisotopic (exact) mass is 1440 g/mol. The molecule has 36 heteroatoms. The average Bonchev–Trinajstić information content (AvgIpc) is 1.61. The van der Waals surface area contributed by atoms with Crippen molar-refractivity contribution in [2.75, 3.05) is 46.2 Å². The standard InChI is InChI=1S/C63H106O36/c1-21(20-87-54-45(80)41(76)36(71)29(14-64)89-54)5-10-63(86)22(2)35-27(99-63)11-25-23-6-9-62(85)13-28(26(70)12-61(62,4)24(23)7-8-60(25,35)3)88-55-48(83)44(79)50(34(19-69)94-55)95-59-53(52(40(75)33(18-68)93-59)97-57-47(82)43(78)38(73)31(16-66)91-57)98-58-49(84)51(39(74)32(17-67)92-58)96-56-46(81)42(77)37(72)30(15-65)90-56/h21-59,64-86H,5-20H2,1-4H3/t21-,22+,23-,24+,25+,26-,27+,28-,29-,30-,31-,32-,33-,34-,35+,36-,37-,38-,39-,40-,41+,42+,43+,44-,45-,46-,47-,48-,49-,50+,51+,52+,53-,54-,55-,56+,57+,58+,59+,60+,61-,62-,63-/m1/s1. The van der Waals surface area contributed by atoms with Crippen molar-refractivity contribution in [3.05, 3.63) is 0 Å². The van der Waals surface area contributed by atoms with E-state index in [4.69, 9.17) is 61.6 Å². The van der Waals surface area contributed by atoms with Gasteiger partial charge in [0.1, 0.15) is 146 Å². The largest absolute Gasteiger partial charge is 0.394 e. The van der Waals surface area contributed by atoms with E-state index in [1.54, 1.807) is 0 Å². The van der Waals surface area contributed by atoms with Gasteiger partial charge in [-0.25, -0.2) is 0 Å². The highest BCUT2D eigenvalue weighted by Gasteiger charge is 2.71. The van der Waals surface area contributed by atoms with E-state index in [0.717, 1.165) is 6.42 Å². The zero-order valence-electron chi connectivity index (χ0n) is 55.4. The second kappa shape index (κ2) is 31.0. The SMILES string of the molecule is C[C@H](CC[C@@]1(O)O[C@H]2C[C@H]3[C@@H]4CC[C@@]5(O)C[C@@H](O[C@@H]6O[C@H](CO)[C@H](O[C@@H]7O[C@H](CO)[C@@H](O)[C@H](O[C@@H]8O[C@H](CO)[C@@H](O)[C@H](O)[C@H]8O)[C@H]7O[C@@H]7O[C@H](CO)[C@@H](O)[C@H](O[C@@H]8O[C@H](CO)[C@@H](O)[C@H](O)[C@H]8O)[C@H]7O)[C@H](O)[C@H]6O)[C@H](O)C[C@]5(C)[C@H]4CC[C@]3(C)[C@H]2[C@@H]1C)CO[C@@H]1O[C@H](CO)[C@@H](O)[C@H](O)[C@H]1O. The maximum absolute atomic E-state index is 12.9. The zero-order valence-corrected chi connectivity index (χ0v) is 55.4. The first-order valence-corrected chi connectivity index (χ1v) is 34.6. The summed E-state index contributed by atoms with van der Waals surface area (Å²) in [6.45, 7) is 2.62. The number of rotatable bonds is 22. The lowest BCUT2D eigenvalue weighted by Gasteiger charge is -2.65. The molecule has 0 unspecified atom stereocenters. The van der Waals surface area contributed by atoms with Crippen LogP contribution >= 0.6 is 0 Å². The molecular formula is C63H106O36. The Morgan fingerprint density at radius 1 is 0.434 bits per heavy atom. The smallest absolute Gasteiger partial charge is 0.187 e. The summed E-state index contributed by atoms with van der Waals surface area (Å²) in [7, 11) is 0. The lowest BCUT2D eigenvalue weighted by atomic mass is 9.42. The van der Waals surface area contributed by atoms with Crippen LogP contribution in [0.5, 0.6) is 0 Å². The molecule has 36 nitrogen and oxygen atoms in total. The molecule has 0 radical (unpaired) electrons. The number of aliphatic hydroxyl groups excluding tert-OH is 21. The van der Waals surface area contributed by atoms with Crippen molar-refractivity contribution in [3.63, 3.8) is 0 Å². The van der Waals surface area contributed by atoms with Crippen LogP contribution in [0.4, 0.5) is 0 Å². The van der Waals surface area contributed by atoms with E-state index in [-0.39, 0.29) is 72.9 Å². The van der Waals surface area contributed by atoms with Gasteiger partial charge in [-0.2, -0.15) is 0 Å². The summed E-state index contributed by atoms with van der Waals surface area (Å²) < 4.78 is 77.4. The van der Waals surface area contributed by atoms with E-state index < -0.39 is 253 Å². The van der Waals surface area contributed by atoms with Crippen molar-refractivity contribution >= 4 is 0 Å². The molecule has 0 amide bonds. The zero-order chi connectivity index (χ0) is 72.0. The fourth-order valence-electron chi connectivity index (χ4n) is 18.6. The summed E-state index contributed by atoms with van der Waals surface area (Å²) >= 11 is 0. The predicted molar refractivity (Wildman–Crippen MR) is 320 cm³/mol. The van der Waals surface area contributed by atoms with Gasteiger partial charge in [0, 0.05) is 24.2 Å². The number of hydrogen-bond donors (Lipinski definition) is 23. The molecular weight excluding hydrogens is 1330 g/mol. The van der Waals surface area contributed by atoms with Crippen LogP contribution in [0.25, 0.3) is 0 Å². The second-order valence-electron chi connectivity index (χ2n) is 30.2. The Kier molecular flexibility index (Phi) is 24.6. The minimum absolute atomic E-state index is 0.0119. The van der Waals surface area contributed by atoms with Crippen molar-refractivity contribution in [3.8, 4) is 0 Å². The minimum atomic E-state index is -2.29. The third kappa shape index (κ3) is 14.3. The van der Waals surface area contributed by atoms with Crippen molar-refractivity contribution in [2.24, 2.45) is 46.3 Å². The molecule has 574 valence electrons. The highest BCUT2D eigenvalue weighted by Crippen LogP contribution is 2.72. The van der Waals surface area contributed by atoms with Crippen LogP contribution in [0.2, 0.25) is 0 Å². The predicted octanol–water partition coefficient (Wildman–Crippen LogP) is -10.2. The summed E-state index contributed by atoms with van der Waals surface area (Å²) in [4.78, 5) is 0. The topological polar surface area (TPSA) is 585 Å². The first kappa shape index (κ1) is 78.6. The maximum Gasteiger partial charge on any atom is 0.187 e. The lowest BCUT2D eigenvalue weighted by Crippen LogP contribution is -2.69. The molecule has 4 saturated carbocycles. The molecule has 7 saturated heterocycles. The molecule has 7 heterocycles.